The van der Waals surface area contributed by atoms with Gasteiger partial charge in [-0.15, -0.1) is 0 Å². The molecule has 8 aromatic carbocycles. The lowest BCUT2D eigenvalue weighted by Gasteiger charge is -2.52. The van der Waals surface area contributed by atoms with Crippen LogP contribution in [-0.2, 0) is 10.8 Å². The quantitative estimate of drug-likeness (QED) is 0.164. The molecule has 0 aromatic heterocycles. The number of hydrogen-bond donors (Lipinski definition) is 0. The van der Waals surface area contributed by atoms with E-state index >= 15 is 0 Å². The molecule has 8 aromatic rings. The van der Waals surface area contributed by atoms with E-state index in [1.54, 1.807) is 10.4 Å². The monoisotopic (exact) mass is 831 g/mol. The topological polar surface area (TPSA) is 9.72 Å². The molecule has 1 aliphatic carbocycles. The van der Waals surface area contributed by atoms with Crippen molar-refractivity contribution < 1.29 is 0 Å². The first-order valence-electron chi connectivity index (χ1n) is 23.3. The molecule has 5 aliphatic rings. The van der Waals surface area contributed by atoms with Gasteiger partial charge in [-0.2, -0.15) is 0 Å². The van der Waals surface area contributed by atoms with Crippen molar-refractivity contribution in [1.29, 1.82) is 0 Å². The predicted molar refractivity (Wildman–Crippen MR) is 274 cm³/mol. The van der Waals surface area contributed by atoms with Gasteiger partial charge in [-0.25, -0.2) is 0 Å². The number of nitrogens with zero attached hydrogens (tertiary/aromatic N) is 3. The van der Waals surface area contributed by atoms with E-state index in [0.717, 1.165) is 6.42 Å². The first-order valence-corrected chi connectivity index (χ1v) is 26.3. The smallest absolute Gasteiger partial charge is 0.251 e. The average Bonchev–Trinajstić information content (AvgIpc) is 3.49. The fourth-order valence-electron chi connectivity index (χ4n) is 13.2. The highest BCUT2D eigenvalue weighted by Gasteiger charge is 2.59. The lowest BCUT2D eigenvalue weighted by atomic mass is 9.33. The van der Waals surface area contributed by atoms with Crippen molar-refractivity contribution in [3.8, 4) is 0 Å². The third-order valence-corrected chi connectivity index (χ3v) is 20.2. The van der Waals surface area contributed by atoms with Crippen LogP contribution >= 0.6 is 0 Å². The van der Waals surface area contributed by atoms with Crippen molar-refractivity contribution in [2.24, 2.45) is 0 Å². The molecule has 308 valence electrons. The standard InChI is InChI=1S/C58H54BN3Si/c1-56(2,3)41-26-29-46-45(34-41)57(4)30-12-13-31-58(57,5)62(46)44-35-49-53-50(36-44)61(43-28-25-38-17-9-11-19-40(38)33-43)48-21-15-23-52-55(48)59(53)54-47(20-14-22-51(54)63(52,6)7)60(49)42-27-24-37-16-8-10-18-39(37)32-42/h8-11,14-29,32-36H,12-13,30-31H2,1-7H3. The largest absolute Gasteiger partial charge is 0.334 e. The Balaban J connectivity index is 1.16. The fraction of sp³-hybridized carbons (Fsp3) is 0.241. The van der Waals surface area contributed by atoms with Gasteiger partial charge in [-0.3, -0.25) is 0 Å². The highest BCUT2D eigenvalue weighted by atomic mass is 28.3. The van der Waals surface area contributed by atoms with E-state index in [0.29, 0.717) is 0 Å². The van der Waals surface area contributed by atoms with Crippen molar-refractivity contribution >= 4 is 109 Å². The van der Waals surface area contributed by atoms with Crippen LogP contribution in [0.1, 0.15) is 71.4 Å². The summed E-state index contributed by atoms with van der Waals surface area (Å²) < 4.78 is 0. The third-order valence-electron chi connectivity index (χ3n) is 16.7. The van der Waals surface area contributed by atoms with Crippen molar-refractivity contribution in [2.75, 3.05) is 14.7 Å². The summed E-state index contributed by atoms with van der Waals surface area (Å²) in [6.45, 7) is 17.6. The lowest BCUT2D eigenvalue weighted by Crippen LogP contribution is -2.79. The molecule has 1 saturated carbocycles. The Morgan fingerprint density at radius 2 is 1.03 bits per heavy atom. The Morgan fingerprint density at radius 1 is 0.492 bits per heavy atom. The number of hydrogen-bond acceptors (Lipinski definition) is 3. The maximum absolute atomic E-state index is 2.82. The zero-order valence-electron chi connectivity index (χ0n) is 37.7. The minimum absolute atomic E-state index is 0.00757. The molecule has 0 amide bonds. The maximum Gasteiger partial charge on any atom is 0.251 e. The number of benzene rings is 8. The van der Waals surface area contributed by atoms with E-state index in [1.807, 2.05) is 0 Å². The fourth-order valence-corrected chi connectivity index (χ4v) is 16.4. The maximum atomic E-state index is 2.82. The lowest BCUT2D eigenvalue weighted by molar-refractivity contribution is 0.195. The van der Waals surface area contributed by atoms with Gasteiger partial charge in [-0.1, -0.05) is 161 Å². The highest BCUT2D eigenvalue weighted by Crippen LogP contribution is 2.62. The molecule has 1 fully saturated rings. The molecule has 0 N–H and O–H groups in total. The van der Waals surface area contributed by atoms with Gasteiger partial charge in [0.05, 0.1) is 5.54 Å². The van der Waals surface area contributed by atoms with Crippen LogP contribution in [0.4, 0.5) is 45.5 Å². The van der Waals surface area contributed by atoms with E-state index in [2.05, 4.69) is 214 Å². The zero-order chi connectivity index (χ0) is 42.8. The van der Waals surface area contributed by atoms with Gasteiger partial charge in [0.15, 0.2) is 0 Å². The Hall–Kier alpha value is -6.04. The van der Waals surface area contributed by atoms with Crippen LogP contribution in [-0.4, -0.2) is 20.3 Å². The van der Waals surface area contributed by atoms with E-state index in [4.69, 9.17) is 0 Å². The van der Waals surface area contributed by atoms with Gasteiger partial charge in [0, 0.05) is 50.9 Å². The van der Waals surface area contributed by atoms with Crippen LogP contribution in [0.25, 0.3) is 21.5 Å². The Kier molecular flexibility index (Phi) is 7.49. The van der Waals surface area contributed by atoms with Gasteiger partial charge in [-0.05, 0) is 129 Å². The van der Waals surface area contributed by atoms with Crippen molar-refractivity contribution in [3.63, 3.8) is 0 Å². The average molecular weight is 832 g/mol. The molecular formula is C58H54BN3Si. The summed E-state index contributed by atoms with van der Waals surface area (Å²) in [5.74, 6) is 0. The molecular weight excluding hydrogens is 778 g/mol. The second-order valence-electron chi connectivity index (χ2n) is 21.3. The molecule has 0 radical (unpaired) electrons. The van der Waals surface area contributed by atoms with Gasteiger partial charge in [0.2, 0.25) is 0 Å². The molecule has 13 rings (SSSR count). The summed E-state index contributed by atoms with van der Waals surface area (Å²) in [6.07, 6.45) is 4.85. The van der Waals surface area contributed by atoms with Crippen LogP contribution in [0.5, 0.6) is 0 Å². The minimum Gasteiger partial charge on any atom is -0.334 e. The summed E-state index contributed by atoms with van der Waals surface area (Å²) >= 11 is 0. The van der Waals surface area contributed by atoms with Crippen LogP contribution < -0.4 is 41.5 Å². The summed E-state index contributed by atoms with van der Waals surface area (Å²) in [7, 11) is -2.15. The van der Waals surface area contributed by atoms with Gasteiger partial charge in [0.1, 0.15) is 8.07 Å². The Bertz CT molecular complexity index is 3130. The number of rotatable bonds is 3. The molecule has 2 unspecified atom stereocenters. The molecule has 0 spiro atoms. The molecule has 63 heavy (non-hydrogen) atoms. The van der Waals surface area contributed by atoms with Gasteiger partial charge >= 0.3 is 0 Å². The molecule has 3 nitrogen and oxygen atoms in total. The SMILES string of the molecule is CC(C)(C)c1ccc2c(c1)C1(C)CCCCC1(C)N2c1cc2c3c(c1)N(c1ccc4ccccc4c1)c1cccc4c1B3c1c(cccc1[Si]4(C)C)N2c1ccc2ccccc2c1. The second-order valence-corrected chi connectivity index (χ2v) is 25.6. The molecule has 0 bridgehead atoms. The number of fused-ring (bicyclic) bond motifs is 5. The predicted octanol–water partition coefficient (Wildman–Crippen LogP) is 12.3. The van der Waals surface area contributed by atoms with Crippen molar-refractivity contribution in [1.82, 2.24) is 0 Å². The molecule has 4 heterocycles. The van der Waals surface area contributed by atoms with E-state index in [1.165, 1.54) is 114 Å². The molecule has 0 saturated heterocycles. The highest BCUT2D eigenvalue weighted by molar-refractivity contribution is 7.16. The number of anilines is 8. The van der Waals surface area contributed by atoms with E-state index in [9.17, 15) is 0 Å². The molecule has 4 aliphatic heterocycles. The Morgan fingerprint density at radius 3 is 1.59 bits per heavy atom. The third kappa shape index (κ3) is 4.87. The van der Waals surface area contributed by atoms with E-state index in [-0.39, 0.29) is 23.1 Å². The van der Waals surface area contributed by atoms with Gasteiger partial charge < -0.3 is 14.7 Å². The van der Waals surface area contributed by atoms with Gasteiger partial charge in [0.25, 0.3) is 6.71 Å². The summed E-state index contributed by atoms with van der Waals surface area (Å²) in [6, 6.07) is 59.2. The Labute approximate surface area is 374 Å². The summed E-state index contributed by atoms with van der Waals surface area (Å²) in [4.78, 5) is 8.14. The molecule has 5 heteroatoms. The van der Waals surface area contributed by atoms with Crippen LogP contribution in [0.3, 0.4) is 0 Å². The minimum atomic E-state index is -2.15. The summed E-state index contributed by atoms with van der Waals surface area (Å²) in [5, 5.41) is 8.19. The molecule has 2 atom stereocenters. The first kappa shape index (κ1) is 37.5. The normalized spacial score (nSPS) is 21.1. The van der Waals surface area contributed by atoms with Crippen molar-refractivity contribution in [2.45, 2.75) is 89.8 Å². The van der Waals surface area contributed by atoms with Crippen LogP contribution in [0.15, 0.2) is 152 Å². The first-order chi connectivity index (χ1) is 30.4. The second kappa shape index (κ2) is 12.6. The zero-order valence-corrected chi connectivity index (χ0v) is 38.7. The van der Waals surface area contributed by atoms with Crippen molar-refractivity contribution in [3.05, 3.63) is 163 Å². The van der Waals surface area contributed by atoms with Crippen LogP contribution in [0.2, 0.25) is 13.1 Å². The van der Waals surface area contributed by atoms with Crippen LogP contribution in [0, 0.1) is 0 Å². The summed E-state index contributed by atoms with van der Waals surface area (Å²) in [5.41, 5.74) is 17.7. The van der Waals surface area contributed by atoms with E-state index < -0.39 is 8.07 Å².